The highest BCUT2D eigenvalue weighted by atomic mass is 32.2. The topological polar surface area (TPSA) is 21.7 Å². The fourth-order valence-electron chi connectivity index (χ4n) is 4.32. The van der Waals surface area contributed by atoms with Crippen LogP contribution >= 0.6 is 11.8 Å². The summed E-state index contributed by atoms with van der Waals surface area (Å²) >= 11 is 1.72. The zero-order valence-electron chi connectivity index (χ0n) is 17.7. The van der Waals surface area contributed by atoms with E-state index >= 15 is 0 Å². The Balaban J connectivity index is 1.33. The van der Waals surface area contributed by atoms with Gasteiger partial charge in [-0.05, 0) is 68.2 Å². The van der Waals surface area contributed by atoms with Gasteiger partial charge in [0.05, 0.1) is 0 Å². The Morgan fingerprint density at radius 3 is 2.34 bits per heavy atom. The second-order valence-corrected chi connectivity index (χ2v) is 9.02. The second-order valence-electron chi connectivity index (χ2n) is 8.17. The summed E-state index contributed by atoms with van der Waals surface area (Å²) in [4.78, 5) is 3.85. The molecule has 3 nitrogen and oxygen atoms in total. The maximum atomic E-state index is 6.34. The van der Waals surface area contributed by atoms with Gasteiger partial charge >= 0.3 is 0 Å². The van der Waals surface area contributed by atoms with Crippen molar-refractivity contribution in [3.63, 3.8) is 0 Å². The third-order valence-corrected chi connectivity index (χ3v) is 7.11. The van der Waals surface area contributed by atoms with Crippen molar-refractivity contribution in [1.82, 2.24) is 4.90 Å². The molecular weight excluding hydrogens is 378 g/mol. The third-order valence-electron chi connectivity index (χ3n) is 6.33. The average molecular weight is 412 g/mol. The van der Waals surface area contributed by atoms with Crippen LogP contribution in [0.1, 0.15) is 57.1 Å². The molecule has 2 aromatic rings. The first-order valence-electron chi connectivity index (χ1n) is 11.1. The quantitative estimate of drug-likeness (QED) is 0.473. The summed E-state index contributed by atoms with van der Waals surface area (Å²) in [5.41, 5.74) is 1.20. The number of likely N-dealkylation sites (tertiary alicyclic amines) is 1. The normalized spacial score (nSPS) is 19.5. The summed E-state index contributed by atoms with van der Waals surface area (Å²) in [6.45, 7) is 4.55. The molecule has 1 aliphatic heterocycles. The predicted molar refractivity (Wildman–Crippen MR) is 121 cm³/mol. The van der Waals surface area contributed by atoms with E-state index in [0.717, 1.165) is 36.8 Å². The molecule has 2 fully saturated rings. The summed E-state index contributed by atoms with van der Waals surface area (Å²) in [6.07, 6.45) is 9.93. The first kappa shape index (κ1) is 20.6. The van der Waals surface area contributed by atoms with Crippen LogP contribution in [0.5, 0.6) is 11.5 Å². The van der Waals surface area contributed by atoms with Crippen LogP contribution in [-0.2, 0) is 0 Å². The number of ether oxygens (including phenoxy) is 2. The monoisotopic (exact) mass is 411 g/mol. The highest BCUT2D eigenvalue weighted by molar-refractivity contribution is 7.98. The van der Waals surface area contributed by atoms with Crippen molar-refractivity contribution in [1.29, 1.82) is 0 Å². The Hall–Kier alpha value is -1.65. The van der Waals surface area contributed by atoms with Crippen LogP contribution in [-0.4, -0.2) is 36.4 Å². The predicted octanol–water partition coefficient (Wildman–Crippen LogP) is 6.33. The fourth-order valence-corrected chi connectivity index (χ4v) is 4.85. The first-order chi connectivity index (χ1) is 14.3. The lowest BCUT2D eigenvalue weighted by molar-refractivity contribution is 0.0493. The molecule has 2 aromatic carbocycles. The molecule has 0 N–H and O–H groups in total. The van der Waals surface area contributed by atoms with Crippen LogP contribution in [0.2, 0.25) is 0 Å². The van der Waals surface area contributed by atoms with E-state index in [4.69, 9.17) is 9.47 Å². The molecule has 0 spiro atoms. The molecule has 2 aliphatic rings. The molecular formula is C25H33NO2S. The molecule has 1 atom stereocenters. The van der Waals surface area contributed by atoms with Gasteiger partial charge in [0.1, 0.15) is 23.7 Å². The van der Waals surface area contributed by atoms with E-state index in [2.05, 4.69) is 60.5 Å². The van der Waals surface area contributed by atoms with E-state index in [1.807, 2.05) is 6.07 Å². The lowest BCUT2D eigenvalue weighted by Gasteiger charge is -2.41. The van der Waals surface area contributed by atoms with Crippen molar-refractivity contribution >= 4 is 11.8 Å². The number of nitrogens with zero attached hydrogens (tertiary/aromatic N) is 1. The summed E-state index contributed by atoms with van der Waals surface area (Å²) in [7, 11) is 0. The van der Waals surface area contributed by atoms with Crippen LogP contribution in [0.4, 0.5) is 0 Å². The number of thioether (sulfide) groups is 1. The lowest BCUT2D eigenvalue weighted by atomic mass is 9.90. The van der Waals surface area contributed by atoms with Gasteiger partial charge in [0.2, 0.25) is 0 Å². The van der Waals surface area contributed by atoms with Gasteiger partial charge < -0.3 is 14.4 Å². The molecule has 156 valence electrons. The highest BCUT2D eigenvalue weighted by Crippen LogP contribution is 2.33. The van der Waals surface area contributed by atoms with Gasteiger partial charge in [-0.1, -0.05) is 37.6 Å². The van der Waals surface area contributed by atoms with Crippen molar-refractivity contribution in [3.05, 3.63) is 54.1 Å². The van der Waals surface area contributed by atoms with E-state index in [1.165, 1.54) is 42.8 Å². The van der Waals surface area contributed by atoms with Crippen molar-refractivity contribution in [2.75, 3.05) is 19.3 Å². The molecule has 0 amide bonds. The van der Waals surface area contributed by atoms with E-state index in [1.54, 1.807) is 11.8 Å². The van der Waals surface area contributed by atoms with Gasteiger partial charge in [-0.2, -0.15) is 0 Å². The number of piperidine rings is 1. The van der Waals surface area contributed by atoms with Gasteiger partial charge in [-0.3, -0.25) is 0 Å². The number of hydrogen-bond donors (Lipinski definition) is 0. The summed E-state index contributed by atoms with van der Waals surface area (Å²) in [5, 5.41) is 0. The van der Waals surface area contributed by atoms with Crippen molar-refractivity contribution in [2.24, 2.45) is 0 Å². The molecule has 29 heavy (non-hydrogen) atoms. The molecule has 1 saturated heterocycles. The molecule has 1 aliphatic carbocycles. The average Bonchev–Trinajstić information content (AvgIpc) is 2.73. The minimum absolute atomic E-state index is 0.0584. The Labute approximate surface area is 179 Å². The van der Waals surface area contributed by atoms with Gasteiger partial charge in [-0.25, -0.2) is 0 Å². The second kappa shape index (κ2) is 9.90. The lowest BCUT2D eigenvalue weighted by Crippen LogP contribution is -2.46. The molecule has 0 aromatic heterocycles. The molecule has 4 heteroatoms. The van der Waals surface area contributed by atoms with Gasteiger partial charge in [0.15, 0.2) is 0 Å². The largest absolute Gasteiger partial charge is 0.490 e. The van der Waals surface area contributed by atoms with Crippen molar-refractivity contribution < 1.29 is 9.47 Å². The van der Waals surface area contributed by atoms with E-state index < -0.39 is 0 Å². The molecule has 0 unspecified atom stereocenters. The first-order valence-corrected chi connectivity index (χ1v) is 12.3. The SMILES string of the molecule is CC[C@@H](Oc1ccccc1SC)c1ccc(OC2CCN(C3CCC3)CC2)cc1. The molecule has 0 bridgehead atoms. The van der Waals surface area contributed by atoms with Crippen LogP contribution in [0.15, 0.2) is 53.4 Å². The minimum atomic E-state index is 0.0584. The number of rotatable bonds is 8. The molecule has 0 radical (unpaired) electrons. The Kier molecular flexibility index (Phi) is 7.04. The van der Waals surface area contributed by atoms with Gasteiger partial charge in [-0.15, -0.1) is 11.8 Å². The van der Waals surface area contributed by atoms with Crippen molar-refractivity contribution in [2.45, 2.75) is 68.6 Å². The Morgan fingerprint density at radius 1 is 1.00 bits per heavy atom. The van der Waals surface area contributed by atoms with Crippen LogP contribution < -0.4 is 9.47 Å². The molecule has 4 rings (SSSR count). The summed E-state index contributed by atoms with van der Waals surface area (Å²) in [6, 6.07) is 17.7. The van der Waals surface area contributed by atoms with Crippen LogP contribution in [0, 0.1) is 0 Å². The number of hydrogen-bond acceptors (Lipinski definition) is 4. The maximum absolute atomic E-state index is 6.34. The van der Waals surface area contributed by atoms with Crippen molar-refractivity contribution in [3.8, 4) is 11.5 Å². The summed E-state index contributed by atoms with van der Waals surface area (Å²) < 4.78 is 12.6. The van der Waals surface area contributed by atoms with E-state index in [9.17, 15) is 0 Å². The maximum Gasteiger partial charge on any atom is 0.133 e. The zero-order chi connectivity index (χ0) is 20.1. The van der Waals surface area contributed by atoms with Crippen LogP contribution in [0.25, 0.3) is 0 Å². The van der Waals surface area contributed by atoms with Gasteiger partial charge in [0, 0.05) is 24.0 Å². The Morgan fingerprint density at radius 2 is 1.72 bits per heavy atom. The Bertz CT molecular complexity index is 767. The molecule has 1 saturated carbocycles. The standard InChI is InChI=1S/C25H33NO2S/c1-3-23(28-24-9-4-5-10-25(24)29-2)19-11-13-21(14-12-19)27-22-15-17-26(18-16-22)20-7-6-8-20/h4-5,9-14,20,22-23H,3,6-8,15-18H2,1-2H3/t23-/m1/s1. The smallest absolute Gasteiger partial charge is 0.133 e. The summed E-state index contributed by atoms with van der Waals surface area (Å²) in [5.74, 6) is 1.95. The molecule has 1 heterocycles. The zero-order valence-corrected chi connectivity index (χ0v) is 18.5. The van der Waals surface area contributed by atoms with Gasteiger partial charge in [0.25, 0.3) is 0 Å². The van der Waals surface area contributed by atoms with E-state index in [-0.39, 0.29) is 6.10 Å². The number of benzene rings is 2. The number of para-hydroxylation sites is 1. The fraction of sp³-hybridized carbons (Fsp3) is 0.520. The third kappa shape index (κ3) is 5.10. The highest BCUT2D eigenvalue weighted by Gasteiger charge is 2.29. The van der Waals surface area contributed by atoms with Crippen LogP contribution in [0.3, 0.4) is 0 Å². The minimum Gasteiger partial charge on any atom is -0.490 e. The van der Waals surface area contributed by atoms with E-state index in [0.29, 0.717) is 6.10 Å².